The molecule has 1 aromatic carbocycles. The molecule has 0 atom stereocenters. The van der Waals surface area contributed by atoms with Crippen molar-refractivity contribution in [3.8, 4) is 5.75 Å². The minimum Gasteiger partial charge on any atom is -0.492 e. The molecule has 0 radical (unpaired) electrons. The maximum absolute atomic E-state index is 13.0. The number of hydrogen-bond donors (Lipinski definition) is 1. The number of likely N-dealkylation sites (N-methyl/N-ethyl adjacent to an activating group) is 1. The van der Waals surface area contributed by atoms with Gasteiger partial charge in [0.2, 0.25) is 0 Å². The van der Waals surface area contributed by atoms with Crippen LogP contribution in [0.3, 0.4) is 0 Å². The molecule has 0 spiro atoms. The number of hydrogen-bond acceptors (Lipinski definition) is 5. The molecule has 0 bridgehead atoms. The van der Waals surface area contributed by atoms with Crippen LogP contribution in [0.15, 0.2) is 34.6 Å². The molecule has 1 aromatic heterocycles. The lowest BCUT2D eigenvalue weighted by Gasteiger charge is -2.32. The molecule has 172 valence electrons. The van der Waals surface area contributed by atoms with Crippen LogP contribution in [-0.4, -0.2) is 67.6 Å². The Hall–Kier alpha value is -1.46. The first-order chi connectivity index (χ1) is 14.5. The summed E-state index contributed by atoms with van der Waals surface area (Å²) in [5.41, 5.74) is 1.19. The van der Waals surface area contributed by atoms with E-state index in [1.807, 2.05) is 7.05 Å². The van der Waals surface area contributed by atoms with Gasteiger partial charge < -0.3 is 15.0 Å². The average Bonchev–Trinajstić information content (AvgIpc) is 3.15. The Morgan fingerprint density at radius 1 is 1.32 bits per heavy atom. The summed E-state index contributed by atoms with van der Waals surface area (Å²) in [5, 5.41) is 6.82. The van der Waals surface area contributed by atoms with Crippen molar-refractivity contribution < 1.29 is 9.13 Å². The second kappa shape index (κ2) is 13.2. The third-order valence-electron chi connectivity index (χ3n) is 5.39. The number of aryl methyl sites for hydroxylation is 1. The molecule has 0 aliphatic carbocycles. The Morgan fingerprint density at radius 2 is 2.03 bits per heavy atom. The summed E-state index contributed by atoms with van der Waals surface area (Å²) in [6.07, 6.45) is 2.37. The van der Waals surface area contributed by atoms with Crippen LogP contribution in [0.2, 0.25) is 0 Å². The number of guanidine groups is 1. The van der Waals surface area contributed by atoms with Crippen molar-refractivity contribution in [2.75, 3.05) is 46.9 Å². The number of nitrogens with one attached hydrogen (secondary N) is 1. The zero-order valence-electron chi connectivity index (χ0n) is 18.5. The summed E-state index contributed by atoms with van der Waals surface area (Å²) >= 11 is 1.73. The number of benzene rings is 1. The van der Waals surface area contributed by atoms with Gasteiger partial charge in [-0.15, -0.1) is 35.3 Å². The molecule has 3 rings (SSSR count). The zero-order valence-corrected chi connectivity index (χ0v) is 21.7. The van der Waals surface area contributed by atoms with Gasteiger partial charge in [-0.3, -0.25) is 9.89 Å². The zero-order chi connectivity index (χ0) is 21.3. The first-order valence-corrected chi connectivity index (χ1v) is 11.3. The van der Waals surface area contributed by atoms with E-state index < -0.39 is 0 Å². The van der Waals surface area contributed by atoms with Crippen LogP contribution in [0.1, 0.15) is 23.5 Å². The lowest BCUT2D eigenvalue weighted by molar-refractivity contribution is 0.176. The van der Waals surface area contributed by atoms with Crippen LogP contribution in [0, 0.1) is 18.7 Å². The van der Waals surface area contributed by atoms with E-state index in [0.29, 0.717) is 24.8 Å². The number of halogens is 2. The van der Waals surface area contributed by atoms with E-state index in [4.69, 9.17) is 4.74 Å². The highest BCUT2D eigenvalue weighted by Gasteiger charge is 2.20. The molecule has 1 fully saturated rings. The molecular weight excluding hydrogens is 528 g/mol. The van der Waals surface area contributed by atoms with Gasteiger partial charge in [-0.1, -0.05) is 0 Å². The molecule has 1 aliphatic rings. The predicted molar refractivity (Wildman–Crippen MR) is 136 cm³/mol. The monoisotopic (exact) mass is 561 g/mol. The van der Waals surface area contributed by atoms with Gasteiger partial charge >= 0.3 is 0 Å². The Kier molecular flexibility index (Phi) is 11.0. The number of rotatable bonds is 8. The second-order valence-electron chi connectivity index (χ2n) is 7.73. The molecule has 2 heterocycles. The number of likely N-dealkylation sites (tertiary alicyclic amines) is 1. The van der Waals surface area contributed by atoms with Gasteiger partial charge in [-0.25, -0.2) is 9.37 Å². The number of nitrogens with zero attached hydrogens (tertiary/aromatic N) is 4. The summed E-state index contributed by atoms with van der Waals surface area (Å²) in [5.74, 6) is 1.94. The van der Waals surface area contributed by atoms with E-state index in [0.717, 1.165) is 37.1 Å². The van der Waals surface area contributed by atoms with E-state index >= 15 is 0 Å². The lowest BCUT2D eigenvalue weighted by Crippen LogP contribution is -2.44. The van der Waals surface area contributed by atoms with Crippen LogP contribution in [0.25, 0.3) is 0 Å². The molecule has 0 saturated carbocycles. The van der Waals surface area contributed by atoms with Crippen molar-refractivity contribution in [3.05, 3.63) is 46.2 Å². The van der Waals surface area contributed by atoms with Crippen molar-refractivity contribution in [2.45, 2.75) is 26.3 Å². The number of piperidine rings is 1. The fourth-order valence-electron chi connectivity index (χ4n) is 3.62. The van der Waals surface area contributed by atoms with E-state index in [2.05, 4.69) is 37.4 Å². The molecule has 31 heavy (non-hydrogen) atoms. The van der Waals surface area contributed by atoms with Crippen molar-refractivity contribution in [1.82, 2.24) is 20.1 Å². The Morgan fingerprint density at radius 3 is 2.65 bits per heavy atom. The Labute approximate surface area is 205 Å². The fraction of sp³-hybridized carbons (Fsp3) is 0.545. The third kappa shape index (κ3) is 8.53. The number of thiazole rings is 1. The van der Waals surface area contributed by atoms with Crippen LogP contribution in [-0.2, 0) is 6.54 Å². The number of aliphatic imine (C=N–C) groups is 1. The minimum absolute atomic E-state index is 0. The van der Waals surface area contributed by atoms with E-state index in [1.165, 1.54) is 30.7 Å². The number of aromatic nitrogens is 1. The summed E-state index contributed by atoms with van der Waals surface area (Å²) < 4.78 is 18.6. The maximum atomic E-state index is 13.0. The van der Waals surface area contributed by atoms with Crippen molar-refractivity contribution >= 4 is 41.3 Å². The van der Waals surface area contributed by atoms with Crippen molar-refractivity contribution in [3.63, 3.8) is 0 Å². The van der Waals surface area contributed by atoms with Crippen LogP contribution in [0.5, 0.6) is 5.75 Å². The molecular formula is C22H33FIN5OS. The maximum Gasteiger partial charge on any atom is 0.193 e. The van der Waals surface area contributed by atoms with Gasteiger partial charge in [0.25, 0.3) is 0 Å². The lowest BCUT2D eigenvalue weighted by atomic mass is 9.97. The van der Waals surface area contributed by atoms with E-state index in [-0.39, 0.29) is 29.8 Å². The SMILES string of the molecule is CN=C(NCC1CCN(Cc2csc(C)n2)CC1)N(C)CCOc1ccc(F)cc1.I. The largest absolute Gasteiger partial charge is 0.492 e. The quantitative estimate of drug-likeness (QED) is 0.300. The smallest absolute Gasteiger partial charge is 0.193 e. The van der Waals surface area contributed by atoms with Gasteiger partial charge in [0, 0.05) is 32.6 Å². The van der Waals surface area contributed by atoms with Crippen LogP contribution in [0.4, 0.5) is 4.39 Å². The Balaban J connectivity index is 0.00000341. The van der Waals surface area contributed by atoms with E-state index in [9.17, 15) is 4.39 Å². The van der Waals surface area contributed by atoms with Crippen LogP contribution < -0.4 is 10.1 Å². The third-order valence-corrected chi connectivity index (χ3v) is 6.21. The first kappa shape index (κ1) is 25.8. The van der Waals surface area contributed by atoms with Gasteiger partial charge in [0.1, 0.15) is 18.2 Å². The topological polar surface area (TPSA) is 53.0 Å². The summed E-state index contributed by atoms with van der Waals surface area (Å²) in [6, 6.07) is 6.10. The van der Waals surface area contributed by atoms with Gasteiger partial charge in [-0.2, -0.15) is 0 Å². The van der Waals surface area contributed by atoms with Crippen LogP contribution >= 0.6 is 35.3 Å². The average molecular weight is 562 g/mol. The molecule has 2 aromatic rings. The minimum atomic E-state index is -0.256. The van der Waals surface area contributed by atoms with Gasteiger partial charge in [0.05, 0.1) is 17.2 Å². The highest BCUT2D eigenvalue weighted by Crippen LogP contribution is 2.19. The summed E-state index contributed by atoms with van der Waals surface area (Å²) in [4.78, 5) is 13.5. The van der Waals surface area contributed by atoms with E-state index in [1.54, 1.807) is 30.5 Å². The molecule has 0 unspecified atom stereocenters. The molecule has 1 N–H and O–H groups in total. The number of ether oxygens (including phenoxy) is 1. The van der Waals surface area contributed by atoms with Crippen molar-refractivity contribution in [1.29, 1.82) is 0 Å². The molecule has 0 amide bonds. The second-order valence-corrected chi connectivity index (χ2v) is 8.79. The molecule has 1 saturated heterocycles. The molecule has 6 nitrogen and oxygen atoms in total. The summed E-state index contributed by atoms with van der Waals surface area (Å²) in [7, 11) is 3.81. The predicted octanol–water partition coefficient (Wildman–Crippen LogP) is 4.01. The highest BCUT2D eigenvalue weighted by molar-refractivity contribution is 14.0. The Bertz CT molecular complexity index is 808. The summed E-state index contributed by atoms with van der Waals surface area (Å²) in [6.45, 7) is 7.39. The highest BCUT2D eigenvalue weighted by atomic mass is 127. The molecule has 9 heteroatoms. The van der Waals surface area contributed by atoms with Gasteiger partial charge in [0.15, 0.2) is 5.96 Å². The van der Waals surface area contributed by atoms with Gasteiger partial charge in [-0.05, 0) is 63.0 Å². The fourth-order valence-corrected chi connectivity index (χ4v) is 4.22. The standard InChI is InChI=1S/C22H32FN5OS.HI/c1-17-26-20(16-30-17)15-28-10-8-18(9-11-28)14-25-22(24-2)27(3)12-13-29-21-6-4-19(23)5-7-21;/h4-7,16,18H,8-15H2,1-3H3,(H,24,25);1H. The van der Waals surface area contributed by atoms with Crippen molar-refractivity contribution in [2.24, 2.45) is 10.9 Å². The first-order valence-electron chi connectivity index (χ1n) is 10.5. The normalized spacial score (nSPS) is 15.4. The molecule has 1 aliphatic heterocycles.